The van der Waals surface area contributed by atoms with Crippen LogP contribution in [0.2, 0.25) is 0 Å². The van der Waals surface area contributed by atoms with Gasteiger partial charge in [0.25, 0.3) is 0 Å². The second-order valence-electron chi connectivity index (χ2n) is 8.07. The van der Waals surface area contributed by atoms with Crippen LogP contribution >= 0.6 is 0 Å². The fraction of sp³-hybridized carbons (Fsp3) is 0.619. The molecule has 26 heavy (non-hydrogen) atoms. The van der Waals surface area contributed by atoms with Gasteiger partial charge in [0.15, 0.2) is 0 Å². The topological polar surface area (TPSA) is 53.9 Å². The molecule has 2 rings (SSSR count). The van der Waals surface area contributed by atoms with Crippen LogP contribution < -0.4 is 10.2 Å². The predicted octanol–water partition coefficient (Wildman–Crippen LogP) is 1.20. The van der Waals surface area contributed by atoms with Crippen molar-refractivity contribution < 1.29 is 14.5 Å². The van der Waals surface area contributed by atoms with Crippen LogP contribution in [0.3, 0.4) is 0 Å². The highest BCUT2D eigenvalue weighted by Gasteiger charge is 2.31. The molecule has 1 fully saturated rings. The third-order valence-electron chi connectivity index (χ3n) is 5.17. The Kier molecular flexibility index (Phi) is 7.21. The molecule has 1 aliphatic rings. The highest BCUT2D eigenvalue weighted by molar-refractivity contribution is 5.87. The van der Waals surface area contributed by atoms with Gasteiger partial charge in [-0.2, -0.15) is 0 Å². The van der Waals surface area contributed by atoms with Gasteiger partial charge in [0.2, 0.25) is 11.8 Å². The van der Waals surface area contributed by atoms with E-state index in [2.05, 4.69) is 43.4 Å². The standard InChI is InChI=1S/C21H33N3O2/c1-15(2)19-8-6-18(7-9-19)14-23-10-12-24(13-11-23)21(26)20(16(3)4)22-17(5)25/h6-9,15-16,20H,10-14H2,1-5H3,(H,22,25)/p+1/t20-/m0/s1. The second-order valence-corrected chi connectivity index (χ2v) is 8.07. The quantitative estimate of drug-likeness (QED) is 0.801. The fourth-order valence-electron chi connectivity index (χ4n) is 3.46. The maximum Gasteiger partial charge on any atom is 0.245 e. The van der Waals surface area contributed by atoms with Gasteiger partial charge in [0.05, 0.1) is 26.2 Å². The summed E-state index contributed by atoms with van der Waals surface area (Å²) in [6.45, 7) is 14.2. The average molecular weight is 361 g/mol. The van der Waals surface area contributed by atoms with Gasteiger partial charge in [-0.1, -0.05) is 52.0 Å². The van der Waals surface area contributed by atoms with E-state index in [0.717, 1.165) is 32.7 Å². The van der Waals surface area contributed by atoms with Crippen molar-refractivity contribution in [1.29, 1.82) is 0 Å². The molecule has 0 unspecified atom stereocenters. The van der Waals surface area contributed by atoms with E-state index in [1.807, 2.05) is 18.7 Å². The Morgan fingerprint density at radius 1 is 1.08 bits per heavy atom. The number of hydrogen-bond acceptors (Lipinski definition) is 2. The summed E-state index contributed by atoms with van der Waals surface area (Å²) in [6, 6.07) is 8.48. The van der Waals surface area contributed by atoms with Crippen LogP contribution in [0.4, 0.5) is 0 Å². The zero-order chi connectivity index (χ0) is 19.3. The predicted molar refractivity (Wildman–Crippen MR) is 104 cm³/mol. The van der Waals surface area contributed by atoms with E-state index in [1.165, 1.54) is 23.0 Å². The molecule has 5 heteroatoms. The molecule has 5 nitrogen and oxygen atoms in total. The van der Waals surface area contributed by atoms with Gasteiger partial charge < -0.3 is 15.1 Å². The zero-order valence-electron chi connectivity index (χ0n) is 16.8. The van der Waals surface area contributed by atoms with Crippen LogP contribution in [0.1, 0.15) is 51.7 Å². The SMILES string of the molecule is CC(=O)N[C@H](C(=O)N1CC[NH+](Cc2ccc(C(C)C)cc2)CC1)C(C)C. The van der Waals surface area contributed by atoms with E-state index in [9.17, 15) is 9.59 Å². The summed E-state index contributed by atoms with van der Waals surface area (Å²) in [5.74, 6) is 0.557. The molecule has 1 aromatic rings. The number of quaternary nitrogens is 1. The molecule has 1 aromatic carbocycles. The van der Waals surface area contributed by atoms with E-state index in [4.69, 9.17) is 0 Å². The molecule has 0 saturated carbocycles. The maximum atomic E-state index is 12.7. The minimum atomic E-state index is -0.419. The Labute approximate surface area is 157 Å². The lowest BCUT2D eigenvalue weighted by molar-refractivity contribution is -0.917. The Hall–Kier alpha value is -1.88. The summed E-state index contributed by atoms with van der Waals surface area (Å²) in [7, 11) is 0. The molecule has 0 spiro atoms. The number of nitrogens with one attached hydrogen (secondary N) is 2. The lowest BCUT2D eigenvalue weighted by atomic mass is 10.0. The molecule has 0 bridgehead atoms. The van der Waals surface area contributed by atoms with Gasteiger partial charge in [-0.3, -0.25) is 9.59 Å². The Morgan fingerprint density at radius 3 is 2.12 bits per heavy atom. The third-order valence-corrected chi connectivity index (χ3v) is 5.17. The van der Waals surface area contributed by atoms with Crippen LogP contribution in [0, 0.1) is 5.92 Å². The molecule has 0 radical (unpaired) electrons. The van der Waals surface area contributed by atoms with Crippen molar-refractivity contribution in [3.8, 4) is 0 Å². The molecule has 1 atom stereocenters. The lowest BCUT2D eigenvalue weighted by Gasteiger charge is -2.35. The molecule has 144 valence electrons. The first-order chi connectivity index (χ1) is 12.3. The van der Waals surface area contributed by atoms with Gasteiger partial charge in [0.1, 0.15) is 12.6 Å². The number of carbonyl (C=O) groups excluding carboxylic acids is 2. The van der Waals surface area contributed by atoms with E-state index >= 15 is 0 Å². The lowest BCUT2D eigenvalue weighted by Crippen LogP contribution is -3.13. The Bertz CT molecular complexity index is 602. The minimum Gasteiger partial charge on any atom is -0.344 e. The van der Waals surface area contributed by atoms with Crippen molar-refractivity contribution >= 4 is 11.8 Å². The highest BCUT2D eigenvalue weighted by atomic mass is 16.2. The van der Waals surface area contributed by atoms with Crippen LogP contribution in [0.25, 0.3) is 0 Å². The van der Waals surface area contributed by atoms with Gasteiger partial charge in [-0.05, 0) is 17.4 Å². The molecule has 2 amide bonds. The van der Waals surface area contributed by atoms with E-state index in [0.29, 0.717) is 5.92 Å². The number of amides is 2. The number of benzene rings is 1. The van der Waals surface area contributed by atoms with E-state index in [1.54, 1.807) is 0 Å². The molecule has 0 aliphatic carbocycles. The molecule has 0 aromatic heterocycles. The van der Waals surface area contributed by atoms with Crippen molar-refractivity contribution in [2.24, 2.45) is 5.92 Å². The van der Waals surface area contributed by atoms with Crippen molar-refractivity contribution in [1.82, 2.24) is 10.2 Å². The third kappa shape index (κ3) is 5.56. The first-order valence-corrected chi connectivity index (χ1v) is 9.76. The molecule has 1 aliphatic heterocycles. The van der Waals surface area contributed by atoms with Crippen molar-refractivity contribution in [3.63, 3.8) is 0 Å². The number of carbonyl (C=O) groups is 2. The number of nitrogens with zero attached hydrogens (tertiary/aromatic N) is 1. The highest BCUT2D eigenvalue weighted by Crippen LogP contribution is 2.14. The molecular weight excluding hydrogens is 326 g/mol. The minimum absolute atomic E-state index is 0.0514. The van der Waals surface area contributed by atoms with Crippen LogP contribution in [-0.2, 0) is 16.1 Å². The normalized spacial score (nSPS) is 16.8. The summed E-state index contributed by atoms with van der Waals surface area (Å²) in [5, 5.41) is 2.80. The number of rotatable bonds is 6. The smallest absolute Gasteiger partial charge is 0.245 e. The summed E-state index contributed by atoms with van der Waals surface area (Å²) >= 11 is 0. The first-order valence-electron chi connectivity index (χ1n) is 9.76. The van der Waals surface area contributed by atoms with Crippen LogP contribution in [0.15, 0.2) is 24.3 Å². The molecule has 2 N–H and O–H groups in total. The van der Waals surface area contributed by atoms with Gasteiger partial charge in [0, 0.05) is 12.5 Å². The Balaban J connectivity index is 1.87. The second kappa shape index (κ2) is 9.17. The molecular formula is C21H34N3O2+. The molecule has 1 heterocycles. The van der Waals surface area contributed by atoms with Crippen LogP contribution in [0.5, 0.6) is 0 Å². The van der Waals surface area contributed by atoms with Crippen molar-refractivity contribution in [2.45, 2.75) is 53.1 Å². The first kappa shape index (κ1) is 20.4. The summed E-state index contributed by atoms with van der Waals surface area (Å²) in [6.07, 6.45) is 0. The number of hydrogen-bond donors (Lipinski definition) is 2. The van der Waals surface area contributed by atoms with E-state index < -0.39 is 6.04 Å². The maximum absolute atomic E-state index is 12.7. The zero-order valence-corrected chi connectivity index (χ0v) is 16.8. The van der Waals surface area contributed by atoms with Gasteiger partial charge in [-0.25, -0.2) is 0 Å². The monoisotopic (exact) mass is 360 g/mol. The Morgan fingerprint density at radius 2 is 1.65 bits per heavy atom. The van der Waals surface area contributed by atoms with Crippen molar-refractivity contribution in [3.05, 3.63) is 35.4 Å². The van der Waals surface area contributed by atoms with Crippen LogP contribution in [-0.4, -0.2) is 48.9 Å². The van der Waals surface area contributed by atoms with Gasteiger partial charge in [-0.15, -0.1) is 0 Å². The fourth-order valence-corrected chi connectivity index (χ4v) is 3.46. The number of piperazine rings is 1. The summed E-state index contributed by atoms with van der Waals surface area (Å²) < 4.78 is 0. The largest absolute Gasteiger partial charge is 0.344 e. The average Bonchev–Trinajstić information content (AvgIpc) is 2.60. The van der Waals surface area contributed by atoms with Crippen molar-refractivity contribution in [2.75, 3.05) is 26.2 Å². The molecule has 1 saturated heterocycles. The summed E-state index contributed by atoms with van der Waals surface area (Å²) in [5.41, 5.74) is 2.72. The summed E-state index contributed by atoms with van der Waals surface area (Å²) in [4.78, 5) is 27.5. The van der Waals surface area contributed by atoms with E-state index in [-0.39, 0.29) is 17.7 Å². The van der Waals surface area contributed by atoms with Gasteiger partial charge >= 0.3 is 0 Å².